The molecule has 0 radical (unpaired) electrons. The smallest absolute Gasteiger partial charge is 0.156 e. The zero-order chi connectivity index (χ0) is 14.8. The molecule has 1 aromatic carbocycles. The summed E-state index contributed by atoms with van der Waals surface area (Å²) in [4.78, 5) is 13.1. The van der Waals surface area contributed by atoms with E-state index in [1.165, 1.54) is 0 Å². The SMILES string of the molecule is Cc1nc(NCc2cccc(Br)c2)c2nc(Cl)ccc2n1. The Morgan fingerprint density at radius 2 is 2.00 bits per heavy atom. The number of hydrogen-bond donors (Lipinski definition) is 1. The van der Waals surface area contributed by atoms with Gasteiger partial charge in [-0.2, -0.15) is 0 Å². The Balaban J connectivity index is 1.94. The van der Waals surface area contributed by atoms with E-state index in [0.29, 0.717) is 28.9 Å². The molecule has 4 nitrogen and oxygen atoms in total. The van der Waals surface area contributed by atoms with Gasteiger partial charge in [0.05, 0.1) is 5.52 Å². The van der Waals surface area contributed by atoms with E-state index in [0.717, 1.165) is 15.6 Å². The third kappa shape index (κ3) is 3.31. The predicted molar refractivity (Wildman–Crippen MR) is 88.5 cm³/mol. The molecule has 0 unspecified atom stereocenters. The average molecular weight is 364 g/mol. The first-order chi connectivity index (χ1) is 10.1. The lowest BCUT2D eigenvalue weighted by Crippen LogP contribution is -2.05. The van der Waals surface area contributed by atoms with Crippen molar-refractivity contribution in [2.24, 2.45) is 0 Å². The molecule has 0 saturated carbocycles. The van der Waals surface area contributed by atoms with Crippen LogP contribution in [0.15, 0.2) is 40.9 Å². The highest BCUT2D eigenvalue weighted by atomic mass is 79.9. The molecule has 2 aromatic heterocycles. The highest BCUT2D eigenvalue weighted by Crippen LogP contribution is 2.21. The highest BCUT2D eigenvalue weighted by Gasteiger charge is 2.08. The molecule has 0 atom stereocenters. The summed E-state index contributed by atoms with van der Waals surface area (Å²) >= 11 is 9.43. The first-order valence-corrected chi connectivity index (χ1v) is 7.58. The molecule has 0 saturated heterocycles. The Morgan fingerprint density at radius 1 is 1.14 bits per heavy atom. The molecule has 106 valence electrons. The lowest BCUT2D eigenvalue weighted by Gasteiger charge is -2.09. The molecule has 0 bridgehead atoms. The van der Waals surface area contributed by atoms with Gasteiger partial charge in [-0.3, -0.25) is 0 Å². The van der Waals surface area contributed by atoms with Crippen LogP contribution in [0.3, 0.4) is 0 Å². The number of pyridine rings is 1. The summed E-state index contributed by atoms with van der Waals surface area (Å²) in [6.07, 6.45) is 0. The van der Waals surface area contributed by atoms with Gasteiger partial charge in [0, 0.05) is 11.0 Å². The van der Waals surface area contributed by atoms with Crippen LogP contribution in [-0.4, -0.2) is 15.0 Å². The number of nitrogens with zero attached hydrogens (tertiary/aromatic N) is 3. The van der Waals surface area contributed by atoms with Gasteiger partial charge in [-0.15, -0.1) is 0 Å². The number of aromatic nitrogens is 3. The normalized spacial score (nSPS) is 10.8. The van der Waals surface area contributed by atoms with Gasteiger partial charge < -0.3 is 5.32 Å². The van der Waals surface area contributed by atoms with Gasteiger partial charge in [-0.25, -0.2) is 15.0 Å². The van der Waals surface area contributed by atoms with Crippen LogP contribution < -0.4 is 5.32 Å². The Kier molecular flexibility index (Phi) is 4.03. The van der Waals surface area contributed by atoms with Gasteiger partial charge in [-0.1, -0.05) is 39.7 Å². The number of hydrogen-bond acceptors (Lipinski definition) is 4. The summed E-state index contributed by atoms with van der Waals surface area (Å²) in [5.74, 6) is 1.39. The van der Waals surface area contributed by atoms with Crippen molar-refractivity contribution in [1.29, 1.82) is 0 Å². The molecular weight excluding hydrogens is 352 g/mol. The minimum atomic E-state index is 0.431. The maximum absolute atomic E-state index is 5.97. The van der Waals surface area contributed by atoms with Gasteiger partial charge in [0.2, 0.25) is 0 Å². The van der Waals surface area contributed by atoms with Crippen molar-refractivity contribution in [3.63, 3.8) is 0 Å². The molecule has 21 heavy (non-hydrogen) atoms. The summed E-state index contributed by atoms with van der Waals surface area (Å²) in [6, 6.07) is 11.7. The number of halogens is 2. The van der Waals surface area contributed by atoms with Crippen molar-refractivity contribution < 1.29 is 0 Å². The summed E-state index contributed by atoms with van der Waals surface area (Å²) in [5.41, 5.74) is 2.61. The van der Waals surface area contributed by atoms with E-state index in [4.69, 9.17) is 11.6 Å². The van der Waals surface area contributed by atoms with Crippen LogP contribution in [0.5, 0.6) is 0 Å². The van der Waals surface area contributed by atoms with Gasteiger partial charge in [0.25, 0.3) is 0 Å². The van der Waals surface area contributed by atoms with E-state index < -0.39 is 0 Å². The van der Waals surface area contributed by atoms with E-state index in [9.17, 15) is 0 Å². The van der Waals surface area contributed by atoms with Crippen LogP contribution in [0.1, 0.15) is 11.4 Å². The lowest BCUT2D eigenvalue weighted by atomic mass is 10.2. The molecule has 6 heteroatoms. The fraction of sp³-hybridized carbons (Fsp3) is 0.133. The molecule has 2 heterocycles. The van der Waals surface area contributed by atoms with Crippen molar-refractivity contribution in [1.82, 2.24) is 15.0 Å². The third-order valence-electron chi connectivity index (χ3n) is 2.97. The quantitative estimate of drug-likeness (QED) is 0.702. The summed E-state index contributed by atoms with van der Waals surface area (Å²) in [6.45, 7) is 2.51. The van der Waals surface area contributed by atoms with Crippen molar-refractivity contribution in [2.75, 3.05) is 5.32 Å². The largest absolute Gasteiger partial charge is 0.364 e. The Hall–Kier alpha value is -1.72. The predicted octanol–water partition coefficient (Wildman–Crippen LogP) is 4.36. The number of anilines is 1. The third-order valence-corrected chi connectivity index (χ3v) is 3.67. The van der Waals surface area contributed by atoms with Crippen LogP contribution in [0.2, 0.25) is 5.15 Å². The van der Waals surface area contributed by atoms with E-state index >= 15 is 0 Å². The first kappa shape index (κ1) is 14.2. The van der Waals surface area contributed by atoms with Crippen LogP contribution in [0, 0.1) is 6.92 Å². The fourth-order valence-electron chi connectivity index (χ4n) is 2.06. The Morgan fingerprint density at radius 3 is 2.81 bits per heavy atom. The standard InChI is InChI=1S/C15H12BrClN4/c1-9-19-12-5-6-13(17)21-14(12)15(20-9)18-8-10-3-2-4-11(16)7-10/h2-7H,8H2,1H3,(H,18,19,20). The minimum absolute atomic E-state index is 0.431. The zero-order valence-electron chi connectivity index (χ0n) is 11.3. The van der Waals surface area contributed by atoms with Crippen LogP contribution in [0.25, 0.3) is 11.0 Å². The van der Waals surface area contributed by atoms with Gasteiger partial charge in [0.1, 0.15) is 16.5 Å². The van der Waals surface area contributed by atoms with Crippen LogP contribution in [0.4, 0.5) is 5.82 Å². The first-order valence-electron chi connectivity index (χ1n) is 6.41. The Labute approximate surface area is 135 Å². The average Bonchev–Trinajstić information content (AvgIpc) is 2.45. The van der Waals surface area contributed by atoms with E-state index in [2.05, 4.69) is 48.3 Å². The summed E-state index contributed by atoms with van der Waals surface area (Å²) in [7, 11) is 0. The van der Waals surface area contributed by atoms with E-state index in [-0.39, 0.29) is 0 Å². The fourth-order valence-corrected chi connectivity index (χ4v) is 2.66. The molecular formula is C15H12BrClN4. The molecule has 0 spiro atoms. The molecule has 1 N–H and O–H groups in total. The zero-order valence-corrected chi connectivity index (χ0v) is 13.6. The summed E-state index contributed by atoms with van der Waals surface area (Å²) in [5, 5.41) is 3.74. The highest BCUT2D eigenvalue weighted by molar-refractivity contribution is 9.10. The van der Waals surface area contributed by atoms with Gasteiger partial charge in [-0.05, 0) is 36.8 Å². The second-order valence-electron chi connectivity index (χ2n) is 4.60. The molecule has 0 aliphatic rings. The molecule has 0 aliphatic carbocycles. The molecule has 3 aromatic rings. The number of nitrogens with one attached hydrogen (secondary N) is 1. The van der Waals surface area contributed by atoms with Crippen molar-refractivity contribution in [2.45, 2.75) is 13.5 Å². The molecule has 0 fully saturated rings. The second-order valence-corrected chi connectivity index (χ2v) is 5.91. The number of benzene rings is 1. The second kappa shape index (κ2) is 5.95. The summed E-state index contributed by atoms with van der Waals surface area (Å²) < 4.78 is 1.05. The monoisotopic (exact) mass is 362 g/mol. The maximum Gasteiger partial charge on any atom is 0.156 e. The van der Waals surface area contributed by atoms with E-state index in [1.807, 2.05) is 25.1 Å². The lowest BCUT2D eigenvalue weighted by molar-refractivity contribution is 1.04. The van der Waals surface area contributed by atoms with Crippen LogP contribution in [-0.2, 0) is 6.54 Å². The molecule has 0 amide bonds. The number of rotatable bonds is 3. The van der Waals surface area contributed by atoms with Crippen molar-refractivity contribution >= 4 is 44.4 Å². The number of fused-ring (bicyclic) bond motifs is 1. The number of aryl methyl sites for hydroxylation is 1. The van der Waals surface area contributed by atoms with Gasteiger partial charge in [0.15, 0.2) is 5.82 Å². The topological polar surface area (TPSA) is 50.7 Å². The Bertz CT molecular complexity index is 807. The van der Waals surface area contributed by atoms with Gasteiger partial charge >= 0.3 is 0 Å². The van der Waals surface area contributed by atoms with Crippen LogP contribution >= 0.6 is 27.5 Å². The van der Waals surface area contributed by atoms with E-state index in [1.54, 1.807) is 6.07 Å². The maximum atomic E-state index is 5.97. The minimum Gasteiger partial charge on any atom is -0.364 e. The van der Waals surface area contributed by atoms with Crippen molar-refractivity contribution in [3.05, 3.63) is 57.4 Å². The van der Waals surface area contributed by atoms with Crippen molar-refractivity contribution in [3.8, 4) is 0 Å². The molecule has 0 aliphatic heterocycles. The molecule has 3 rings (SSSR count).